The molecule has 0 bridgehead atoms. The maximum absolute atomic E-state index is 13.1. The molecule has 2 amide bonds. The van der Waals surface area contributed by atoms with Crippen molar-refractivity contribution in [1.82, 2.24) is 20.1 Å². The van der Waals surface area contributed by atoms with Crippen molar-refractivity contribution in [1.29, 1.82) is 0 Å². The fourth-order valence-corrected chi connectivity index (χ4v) is 4.74. The van der Waals surface area contributed by atoms with E-state index in [1.54, 1.807) is 30.5 Å². The van der Waals surface area contributed by atoms with Crippen LogP contribution < -0.4 is 10.1 Å². The molecule has 0 spiro atoms. The average molecular weight is 504 g/mol. The molecule has 0 saturated heterocycles. The van der Waals surface area contributed by atoms with Crippen LogP contribution >= 0.6 is 0 Å². The van der Waals surface area contributed by atoms with Gasteiger partial charge in [-0.3, -0.25) is 14.7 Å². The van der Waals surface area contributed by atoms with Gasteiger partial charge >= 0.3 is 0 Å². The van der Waals surface area contributed by atoms with Gasteiger partial charge in [-0.05, 0) is 59.5 Å². The van der Waals surface area contributed by atoms with Gasteiger partial charge in [0, 0.05) is 42.0 Å². The van der Waals surface area contributed by atoms with Crippen molar-refractivity contribution in [2.24, 2.45) is 0 Å². The van der Waals surface area contributed by atoms with Gasteiger partial charge in [0.2, 0.25) is 5.91 Å². The van der Waals surface area contributed by atoms with E-state index >= 15 is 0 Å². The highest BCUT2D eigenvalue weighted by Crippen LogP contribution is 2.26. The van der Waals surface area contributed by atoms with Crippen molar-refractivity contribution in [3.05, 3.63) is 114 Å². The molecule has 0 atom stereocenters. The van der Waals surface area contributed by atoms with Crippen LogP contribution in [0.2, 0.25) is 0 Å². The monoisotopic (exact) mass is 503 g/mol. The number of pyridine rings is 1. The third-order valence-corrected chi connectivity index (χ3v) is 6.64. The summed E-state index contributed by atoms with van der Waals surface area (Å²) in [6.07, 6.45) is 4.59. The molecular formula is C30H25N5O3. The lowest BCUT2D eigenvalue weighted by molar-refractivity contribution is -0.131. The van der Waals surface area contributed by atoms with Crippen molar-refractivity contribution < 1.29 is 14.3 Å². The molecule has 5 aromatic rings. The van der Waals surface area contributed by atoms with E-state index in [1.165, 1.54) is 5.56 Å². The fourth-order valence-electron chi connectivity index (χ4n) is 4.74. The number of rotatable bonds is 6. The molecule has 188 valence electrons. The van der Waals surface area contributed by atoms with Crippen LogP contribution in [0.1, 0.15) is 27.0 Å². The third kappa shape index (κ3) is 4.97. The van der Waals surface area contributed by atoms with Gasteiger partial charge in [0.15, 0.2) is 5.65 Å². The van der Waals surface area contributed by atoms with E-state index in [0.717, 1.165) is 34.3 Å². The number of carbonyl (C=O) groups excluding carboxylic acids is 2. The number of H-pyrrole nitrogens is 1. The van der Waals surface area contributed by atoms with E-state index in [-0.39, 0.29) is 18.2 Å². The van der Waals surface area contributed by atoms with E-state index in [0.29, 0.717) is 30.1 Å². The molecule has 38 heavy (non-hydrogen) atoms. The molecule has 0 aliphatic carbocycles. The summed E-state index contributed by atoms with van der Waals surface area (Å²) < 4.78 is 5.86. The predicted octanol–water partition coefficient (Wildman–Crippen LogP) is 5.13. The van der Waals surface area contributed by atoms with E-state index in [9.17, 15) is 9.59 Å². The highest BCUT2D eigenvalue weighted by atomic mass is 16.5. The topological polar surface area (TPSA) is 100 Å². The summed E-state index contributed by atoms with van der Waals surface area (Å²) in [5, 5.41) is 10.9. The molecule has 3 aromatic carbocycles. The average Bonchev–Trinajstić information content (AvgIpc) is 3.43. The maximum atomic E-state index is 13.1. The number of hydrogen-bond acceptors (Lipinski definition) is 5. The summed E-state index contributed by atoms with van der Waals surface area (Å²) in [5.74, 6) is 1.11. The molecule has 8 heteroatoms. The van der Waals surface area contributed by atoms with Crippen LogP contribution in [0.5, 0.6) is 11.5 Å². The van der Waals surface area contributed by atoms with Crippen LogP contribution in [0.15, 0.2) is 91.3 Å². The number of aromatic amines is 1. The summed E-state index contributed by atoms with van der Waals surface area (Å²) in [5.41, 5.74) is 4.92. The molecule has 2 aromatic heterocycles. The Bertz CT molecular complexity index is 1630. The zero-order valence-electron chi connectivity index (χ0n) is 20.6. The SMILES string of the molecule is O=C(Nc1cccc(Oc2ccccc2)c1)c1cccc(CC(=O)N2CCc3c(cnc4[nH]ncc34)C2)c1. The van der Waals surface area contributed by atoms with Gasteiger partial charge < -0.3 is 15.0 Å². The first kappa shape index (κ1) is 23.4. The number of nitrogens with zero attached hydrogens (tertiary/aromatic N) is 3. The lowest BCUT2D eigenvalue weighted by Crippen LogP contribution is -2.37. The summed E-state index contributed by atoms with van der Waals surface area (Å²) in [6.45, 7) is 1.15. The molecule has 0 radical (unpaired) electrons. The first-order valence-electron chi connectivity index (χ1n) is 12.4. The predicted molar refractivity (Wildman–Crippen MR) is 144 cm³/mol. The van der Waals surface area contributed by atoms with E-state index in [2.05, 4.69) is 20.5 Å². The van der Waals surface area contributed by atoms with Crippen LogP contribution in [0.3, 0.4) is 0 Å². The number of hydrogen-bond donors (Lipinski definition) is 2. The minimum absolute atomic E-state index is 0.0197. The van der Waals surface area contributed by atoms with E-state index in [4.69, 9.17) is 4.74 Å². The zero-order valence-corrected chi connectivity index (χ0v) is 20.6. The van der Waals surface area contributed by atoms with Gasteiger partial charge in [-0.2, -0.15) is 5.10 Å². The summed E-state index contributed by atoms with van der Waals surface area (Å²) in [4.78, 5) is 32.4. The number of ether oxygens (including phenoxy) is 1. The van der Waals surface area contributed by atoms with Crippen molar-refractivity contribution in [2.45, 2.75) is 19.4 Å². The number of benzene rings is 3. The summed E-state index contributed by atoms with van der Waals surface area (Å²) in [7, 11) is 0. The third-order valence-electron chi connectivity index (χ3n) is 6.64. The van der Waals surface area contributed by atoms with Crippen LogP contribution in [0.25, 0.3) is 11.0 Å². The number of anilines is 1. The standard InChI is InChI=1S/C30H25N5O3/c36-28(35-13-12-26-22(19-35)17-31-29-27(26)18-32-34-29)15-20-6-4-7-21(14-20)30(37)33-23-8-5-11-25(16-23)38-24-9-2-1-3-10-24/h1-11,14,16-18H,12-13,15,19H2,(H,33,37)(H,31,32,34). The molecule has 6 rings (SSSR count). The van der Waals surface area contributed by atoms with Crippen molar-refractivity contribution >= 4 is 28.5 Å². The van der Waals surface area contributed by atoms with Gasteiger partial charge in [-0.1, -0.05) is 36.4 Å². The van der Waals surface area contributed by atoms with Gasteiger partial charge in [0.05, 0.1) is 12.6 Å². The Kier molecular flexibility index (Phi) is 6.27. The molecule has 1 aliphatic heterocycles. The Balaban J connectivity index is 1.10. The summed E-state index contributed by atoms with van der Waals surface area (Å²) in [6, 6.07) is 23.9. The largest absolute Gasteiger partial charge is 0.457 e. The Hall–Kier alpha value is -4.98. The van der Waals surface area contributed by atoms with Crippen LogP contribution in [0, 0.1) is 0 Å². The van der Waals surface area contributed by atoms with Crippen molar-refractivity contribution in [2.75, 3.05) is 11.9 Å². The zero-order chi connectivity index (χ0) is 25.9. The molecule has 3 heterocycles. The van der Waals surface area contributed by atoms with Gasteiger partial charge in [0.1, 0.15) is 11.5 Å². The van der Waals surface area contributed by atoms with Crippen LogP contribution in [-0.4, -0.2) is 38.4 Å². The van der Waals surface area contributed by atoms with Gasteiger partial charge in [-0.15, -0.1) is 0 Å². The number of aromatic nitrogens is 3. The minimum atomic E-state index is -0.252. The van der Waals surface area contributed by atoms with Crippen LogP contribution in [-0.2, 0) is 24.2 Å². The number of nitrogens with one attached hydrogen (secondary N) is 2. The van der Waals surface area contributed by atoms with E-state index in [1.807, 2.05) is 65.7 Å². The van der Waals surface area contributed by atoms with Crippen LogP contribution in [0.4, 0.5) is 5.69 Å². The second-order valence-corrected chi connectivity index (χ2v) is 9.23. The van der Waals surface area contributed by atoms with Crippen molar-refractivity contribution in [3.8, 4) is 11.5 Å². The molecular weight excluding hydrogens is 478 g/mol. The second kappa shape index (κ2) is 10.2. The molecule has 8 nitrogen and oxygen atoms in total. The number of fused-ring (bicyclic) bond motifs is 3. The highest BCUT2D eigenvalue weighted by Gasteiger charge is 2.23. The Morgan fingerprint density at radius 3 is 2.68 bits per heavy atom. The molecule has 0 fully saturated rings. The van der Waals surface area contributed by atoms with Crippen molar-refractivity contribution in [3.63, 3.8) is 0 Å². The Morgan fingerprint density at radius 2 is 1.79 bits per heavy atom. The Labute approximate surface area is 219 Å². The molecule has 1 aliphatic rings. The highest BCUT2D eigenvalue weighted by molar-refractivity contribution is 6.04. The Morgan fingerprint density at radius 1 is 0.947 bits per heavy atom. The molecule has 2 N–H and O–H groups in total. The minimum Gasteiger partial charge on any atom is -0.457 e. The van der Waals surface area contributed by atoms with Gasteiger partial charge in [-0.25, -0.2) is 4.98 Å². The molecule has 0 unspecified atom stereocenters. The van der Waals surface area contributed by atoms with E-state index < -0.39 is 0 Å². The lowest BCUT2D eigenvalue weighted by Gasteiger charge is -2.29. The fraction of sp³-hybridized carbons (Fsp3) is 0.133. The number of para-hydroxylation sites is 1. The number of amides is 2. The first-order valence-corrected chi connectivity index (χ1v) is 12.4. The number of carbonyl (C=O) groups is 2. The smallest absolute Gasteiger partial charge is 0.255 e. The maximum Gasteiger partial charge on any atom is 0.255 e. The first-order chi connectivity index (χ1) is 18.6. The second-order valence-electron chi connectivity index (χ2n) is 9.23. The normalized spacial score (nSPS) is 12.7. The quantitative estimate of drug-likeness (QED) is 0.335. The van der Waals surface area contributed by atoms with Gasteiger partial charge in [0.25, 0.3) is 5.91 Å². The lowest BCUT2D eigenvalue weighted by atomic mass is 9.98. The summed E-state index contributed by atoms with van der Waals surface area (Å²) >= 11 is 0. The molecule has 0 saturated carbocycles.